The Morgan fingerprint density at radius 2 is 1.27 bits per heavy atom. The summed E-state index contributed by atoms with van der Waals surface area (Å²) in [5, 5.41) is 5.38. The molecule has 0 amide bonds. The lowest BCUT2D eigenvalue weighted by Crippen LogP contribution is -2.60. The summed E-state index contributed by atoms with van der Waals surface area (Å²) in [6.45, 7) is 21.8. The molecule has 6 heterocycles. The molecule has 2 unspecified atom stereocenters. The molecular weight excluding hydrogens is 850 g/mol. The predicted molar refractivity (Wildman–Crippen MR) is 293 cm³/mol. The van der Waals surface area contributed by atoms with E-state index in [0.29, 0.717) is 0 Å². The molecule has 0 spiro atoms. The van der Waals surface area contributed by atoms with E-state index in [1.807, 2.05) is 22.7 Å². The molecule has 3 aromatic heterocycles. The van der Waals surface area contributed by atoms with Gasteiger partial charge in [0.2, 0.25) is 0 Å². The van der Waals surface area contributed by atoms with Gasteiger partial charge in [-0.3, -0.25) is 0 Å². The van der Waals surface area contributed by atoms with Crippen LogP contribution in [0.5, 0.6) is 0 Å². The van der Waals surface area contributed by atoms with Gasteiger partial charge in [-0.1, -0.05) is 128 Å². The number of fused-ring (bicyclic) bond motifs is 15. The van der Waals surface area contributed by atoms with Gasteiger partial charge in [-0.05, 0) is 137 Å². The molecule has 2 atom stereocenters. The molecule has 10 aromatic rings. The van der Waals surface area contributed by atoms with Crippen LogP contribution in [0.4, 0.5) is 28.4 Å². The summed E-state index contributed by atoms with van der Waals surface area (Å²) in [6, 6.07) is 50.4. The molecule has 0 bridgehead atoms. The maximum Gasteiger partial charge on any atom is 0.252 e. The van der Waals surface area contributed by atoms with E-state index >= 15 is 0 Å². The Morgan fingerprint density at radius 3 is 2.06 bits per heavy atom. The van der Waals surface area contributed by atoms with E-state index in [4.69, 9.17) is 0 Å². The molecule has 7 aromatic carbocycles. The predicted octanol–water partition coefficient (Wildman–Crippen LogP) is 15.6. The molecule has 0 radical (unpaired) electrons. The Hall–Kier alpha value is -5.82. The molecule has 0 N–H and O–H groups in total. The first-order valence-electron chi connectivity index (χ1n) is 24.6. The Kier molecular flexibility index (Phi) is 7.96. The van der Waals surface area contributed by atoms with Crippen LogP contribution in [0, 0.1) is 6.92 Å². The number of thiophene rings is 2. The molecule has 330 valence electrons. The van der Waals surface area contributed by atoms with Gasteiger partial charge < -0.3 is 14.4 Å². The lowest BCUT2D eigenvalue weighted by Gasteiger charge is -2.50. The molecular formula is C61H56BN3S2. The number of hydrogen-bond donors (Lipinski definition) is 0. The Morgan fingerprint density at radius 1 is 0.552 bits per heavy atom. The number of benzene rings is 7. The lowest BCUT2D eigenvalue weighted by molar-refractivity contribution is 0.195. The quantitative estimate of drug-likeness (QED) is 0.160. The molecule has 1 fully saturated rings. The zero-order chi connectivity index (χ0) is 45.7. The molecule has 14 rings (SSSR count). The minimum absolute atomic E-state index is 0.0298. The zero-order valence-electron chi connectivity index (χ0n) is 40.2. The van der Waals surface area contributed by atoms with E-state index in [1.54, 1.807) is 0 Å². The number of anilines is 5. The van der Waals surface area contributed by atoms with Crippen molar-refractivity contribution in [2.45, 2.75) is 110 Å². The molecule has 3 nitrogen and oxygen atoms in total. The Labute approximate surface area is 402 Å². The van der Waals surface area contributed by atoms with Crippen molar-refractivity contribution in [1.82, 2.24) is 4.57 Å². The minimum atomic E-state index is -0.0730. The van der Waals surface area contributed by atoms with Crippen LogP contribution in [-0.2, 0) is 16.2 Å². The van der Waals surface area contributed by atoms with Crippen LogP contribution >= 0.6 is 22.7 Å². The van der Waals surface area contributed by atoms with Crippen LogP contribution in [0.3, 0.4) is 0 Å². The third-order valence-corrected chi connectivity index (χ3v) is 19.4. The van der Waals surface area contributed by atoms with Crippen molar-refractivity contribution >= 4 is 126 Å². The van der Waals surface area contributed by atoms with Gasteiger partial charge in [-0.15, -0.1) is 22.7 Å². The fourth-order valence-corrected chi connectivity index (χ4v) is 15.8. The van der Waals surface area contributed by atoms with Crippen LogP contribution < -0.4 is 26.2 Å². The van der Waals surface area contributed by atoms with Crippen LogP contribution in [-0.4, -0.2) is 16.8 Å². The summed E-state index contributed by atoms with van der Waals surface area (Å²) in [4.78, 5) is 5.50. The van der Waals surface area contributed by atoms with E-state index in [2.05, 4.69) is 204 Å². The fourth-order valence-electron chi connectivity index (χ4n) is 13.5. The summed E-state index contributed by atoms with van der Waals surface area (Å²) in [6.07, 6.45) is 4.89. The van der Waals surface area contributed by atoms with Gasteiger partial charge in [0.05, 0.1) is 27.0 Å². The second-order valence-corrected chi connectivity index (χ2v) is 25.1. The maximum atomic E-state index is 2.80. The van der Waals surface area contributed by atoms with Crippen LogP contribution in [0.25, 0.3) is 57.1 Å². The van der Waals surface area contributed by atoms with Gasteiger partial charge in [-0.25, -0.2) is 0 Å². The first kappa shape index (κ1) is 40.3. The summed E-state index contributed by atoms with van der Waals surface area (Å²) in [5.74, 6) is 0. The van der Waals surface area contributed by atoms with Crippen molar-refractivity contribution < 1.29 is 0 Å². The van der Waals surface area contributed by atoms with Gasteiger partial charge in [0.25, 0.3) is 6.71 Å². The normalized spacial score (nSPS) is 19.8. The molecule has 1 saturated carbocycles. The topological polar surface area (TPSA) is 11.4 Å². The van der Waals surface area contributed by atoms with E-state index in [1.165, 1.54) is 150 Å². The first-order chi connectivity index (χ1) is 32.1. The Balaban J connectivity index is 1.11. The summed E-state index contributed by atoms with van der Waals surface area (Å²) >= 11 is 3.88. The van der Waals surface area contributed by atoms with Gasteiger partial charge in [-0.2, -0.15) is 0 Å². The smallest absolute Gasteiger partial charge is 0.252 e. The van der Waals surface area contributed by atoms with Gasteiger partial charge in [0.15, 0.2) is 0 Å². The second-order valence-electron chi connectivity index (χ2n) is 22.9. The molecule has 67 heavy (non-hydrogen) atoms. The standard InChI is InChI=1S/C61H56BN3S2/c1-35-29-48-54-49(30-35)64-55-41(57-56(64)40-18-11-13-21-51(40)67-57)31-37(59(5,6)7)33-44(55)62(54)43-25-24-38(34-47(43)63(48)46-19-16-22-52-53(46)39-17-10-12-20-50(39)66-52)65-45-26-23-36(58(2,3)4)32-42(45)60(8)27-14-15-28-61(60,65)9/h10-13,16-26,29-34H,14-15,27-28H2,1-9H3. The number of rotatable bonds is 2. The van der Waals surface area contributed by atoms with Crippen molar-refractivity contribution in [3.8, 4) is 5.69 Å². The monoisotopic (exact) mass is 905 g/mol. The number of hydrogen-bond acceptors (Lipinski definition) is 4. The maximum absolute atomic E-state index is 2.80. The van der Waals surface area contributed by atoms with Crippen LogP contribution in [0.1, 0.15) is 103 Å². The SMILES string of the molecule is Cc1cc2c3c(c1)-n1c4c(cc(C(C)(C)C)cc4c4sc5ccccc5c41)B3c1ccc(N3c4ccc(C(C)(C)C)cc4C4(C)CCCCC34C)cc1N2c1cccc2sc3ccccc3c12. The average Bonchev–Trinajstić information content (AvgIpc) is 4.02. The molecule has 6 heteroatoms. The number of aromatic nitrogens is 1. The highest BCUT2D eigenvalue weighted by atomic mass is 32.1. The largest absolute Gasteiger partial charge is 0.334 e. The Bertz CT molecular complexity index is 3810. The van der Waals surface area contributed by atoms with E-state index in [9.17, 15) is 0 Å². The first-order valence-corrected chi connectivity index (χ1v) is 26.2. The minimum Gasteiger partial charge on any atom is -0.334 e. The fraction of sp³-hybridized carbons (Fsp3) is 0.279. The van der Waals surface area contributed by atoms with Crippen molar-refractivity contribution in [1.29, 1.82) is 0 Å². The van der Waals surface area contributed by atoms with Gasteiger partial charge in [0.1, 0.15) is 0 Å². The van der Waals surface area contributed by atoms with Crippen LogP contribution in [0.2, 0.25) is 0 Å². The summed E-state index contributed by atoms with van der Waals surface area (Å²) in [5.41, 5.74) is 20.4. The van der Waals surface area contributed by atoms with E-state index in [0.717, 1.165) is 0 Å². The molecule has 3 aliphatic heterocycles. The van der Waals surface area contributed by atoms with Crippen molar-refractivity contribution in [3.63, 3.8) is 0 Å². The van der Waals surface area contributed by atoms with Crippen molar-refractivity contribution in [3.05, 3.63) is 150 Å². The summed E-state index contributed by atoms with van der Waals surface area (Å²) < 4.78 is 8.08. The zero-order valence-corrected chi connectivity index (χ0v) is 41.8. The van der Waals surface area contributed by atoms with Gasteiger partial charge >= 0.3 is 0 Å². The molecule has 4 aliphatic rings. The van der Waals surface area contributed by atoms with E-state index in [-0.39, 0.29) is 28.5 Å². The number of aryl methyl sites for hydroxylation is 1. The molecule has 0 saturated heterocycles. The van der Waals surface area contributed by atoms with Crippen molar-refractivity contribution in [2.24, 2.45) is 0 Å². The highest BCUT2D eigenvalue weighted by Crippen LogP contribution is 2.62. The summed E-state index contributed by atoms with van der Waals surface area (Å²) in [7, 11) is 0. The lowest BCUT2D eigenvalue weighted by atomic mass is 9.33. The third kappa shape index (κ3) is 5.19. The average molecular weight is 906 g/mol. The van der Waals surface area contributed by atoms with Crippen LogP contribution in [0.15, 0.2) is 127 Å². The highest BCUT2D eigenvalue weighted by Gasteiger charge is 2.58. The van der Waals surface area contributed by atoms with Gasteiger partial charge in [0, 0.05) is 69.5 Å². The second kappa shape index (κ2) is 13.2. The van der Waals surface area contributed by atoms with E-state index < -0.39 is 0 Å². The third-order valence-electron chi connectivity index (χ3n) is 17.0. The number of nitrogens with zero attached hydrogens (tertiary/aromatic N) is 3. The highest BCUT2D eigenvalue weighted by molar-refractivity contribution is 7.27. The molecule has 1 aliphatic carbocycles. The van der Waals surface area contributed by atoms with Crippen molar-refractivity contribution in [2.75, 3.05) is 9.80 Å².